The summed E-state index contributed by atoms with van der Waals surface area (Å²) in [5.41, 5.74) is 3.80. The van der Waals surface area contributed by atoms with Gasteiger partial charge in [-0.25, -0.2) is 4.79 Å². The SMILES string of the molecule is COc1ccc2cc(/C=C3\OC(=O)c4c3cc(C)[nH]c4=S)[nH]c2c1. The molecule has 0 spiro atoms. The molecule has 6 heteroatoms. The number of hydrogen-bond acceptors (Lipinski definition) is 4. The van der Waals surface area contributed by atoms with Gasteiger partial charge >= 0.3 is 5.97 Å². The molecule has 1 aliphatic rings. The Morgan fingerprint density at radius 1 is 1.21 bits per heavy atom. The number of aromatic nitrogens is 2. The first-order valence-corrected chi connectivity index (χ1v) is 7.81. The number of nitrogens with one attached hydrogen (secondary N) is 2. The smallest absolute Gasteiger partial charge is 0.347 e. The molecule has 0 atom stereocenters. The Labute approximate surface area is 142 Å². The number of cyclic esters (lactones) is 1. The van der Waals surface area contributed by atoms with E-state index >= 15 is 0 Å². The van der Waals surface area contributed by atoms with Crippen molar-refractivity contribution in [3.63, 3.8) is 0 Å². The van der Waals surface area contributed by atoms with E-state index in [0.717, 1.165) is 33.6 Å². The van der Waals surface area contributed by atoms with E-state index in [2.05, 4.69) is 9.97 Å². The molecule has 1 aromatic carbocycles. The van der Waals surface area contributed by atoms with Crippen LogP contribution in [-0.2, 0) is 4.74 Å². The van der Waals surface area contributed by atoms with Gasteiger partial charge in [-0.1, -0.05) is 12.2 Å². The maximum atomic E-state index is 12.1. The highest BCUT2D eigenvalue weighted by atomic mass is 32.1. The van der Waals surface area contributed by atoms with Crippen molar-refractivity contribution in [2.24, 2.45) is 0 Å². The van der Waals surface area contributed by atoms with Crippen LogP contribution in [0, 0.1) is 11.6 Å². The molecule has 0 amide bonds. The van der Waals surface area contributed by atoms with Gasteiger partial charge in [-0.05, 0) is 31.2 Å². The molecule has 2 aromatic heterocycles. The van der Waals surface area contributed by atoms with Gasteiger partial charge < -0.3 is 19.4 Å². The first-order valence-electron chi connectivity index (χ1n) is 7.40. The number of carbonyl (C=O) groups excluding carboxylic acids is 1. The van der Waals surface area contributed by atoms with E-state index < -0.39 is 5.97 Å². The number of carbonyl (C=O) groups is 1. The maximum Gasteiger partial charge on any atom is 0.347 e. The highest BCUT2D eigenvalue weighted by molar-refractivity contribution is 7.71. The van der Waals surface area contributed by atoms with Gasteiger partial charge in [0.1, 0.15) is 21.7 Å². The maximum absolute atomic E-state index is 12.1. The topological polar surface area (TPSA) is 67.1 Å². The number of benzene rings is 1. The van der Waals surface area contributed by atoms with Crippen LogP contribution in [0.1, 0.15) is 27.3 Å². The average Bonchev–Trinajstić information content (AvgIpc) is 3.07. The van der Waals surface area contributed by atoms with Crippen LogP contribution in [0.5, 0.6) is 5.75 Å². The minimum Gasteiger partial charge on any atom is -0.497 e. The first kappa shape index (κ1) is 14.7. The number of rotatable bonds is 2. The van der Waals surface area contributed by atoms with Crippen LogP contribution >= 0.6 is 12.2 Å². The van der Waals surface area contributed by atoms with Gasteiger partial charge in [-0.15, -0.1) is 0 Å². The Kier molecular flexibility index (Phi) is 3.28. The van der Waals surface area contributed by atoms with Crippen LogP contribution < -0.4 is 4.74 Å². The fourth-order valence-electron chi connectivity index (χ4n) is 2.87. The van der Waals surface area contributed by atoms with Crippen LogP contribution in [0.15, 0.2) is 30.3 Å². The number of H-pyrrole nitrogens is 2. The van der Waals surface area contributed by atoms with Crippen LogP contribution in [0.4, 0.5) is 0 Å². The molecule has 0 bridgehead atoms. The minimum absolute atomic E-state index is 0.403. The molecule has 5 nitrogen and oxygen atoms in total. The zero-order valence-corrected chi connectivity index (χ0v) is 13.9. The standard InChI is InChI=1S/C18H14N2O3S/c1-9-5-13-15(23-18(21)16(13)17(24)19-9)7-11-6-10-3-4-12(22-2)8-14(10)20-11/h3-8,20H,1-2H3,(H,19,24)/b15-7-. The lowest BCUT2D eigenvalue weighted by Gasteiger charge is -1.99. The van der Waals surface area contributed by atoms with Crippen molar-refractivity contribution in [1.82, 2.24) is 9.97 Å². The third-order valence-electron chi connectivity index (χ3n) is 3.98. The Hall–Kier alpha value is -2.86. The summed E-state index contributed by atoms with van der Waals surface area (Å²) < 4.78 is 11.0. The molecule has 0 saturated carbocycles. The Balaban J connectivity index is 1.83. The molecule has 0 aliphatic carbocycles. The number of esters is 1. The van der Waals surface area contributed by atoms with Crippen LogP contribution in [0.3, 0.4) is 0 Å². The van der Waals surface area contributed by atoms with Crippen molar-refractivity contribution in [1.29, 1.82) is 0 Å². The van der Waals surface area contributed by atoms with Crippen molar-refractivity contribution in [3.8, 4) is 5.75 Å². The molecular weight excluding hydrogens is 324 g/mol. The second-order valence-electron chi connectivity index (χ2n) is 5.65. The number of methoxy groups -OCH3 is 1. The molecule has 2 N–H and O–H groups in total. The molecular formula is C18H14N2O3S. The van der Waals surface area contributed by atoms with Crippen LogP contribution in [0.25, 0.3) is 22.7 Å². The number of fused-ring (bicyclic) bond motifs is 2. The van der Waals surface area contributed by atoms with Crippen molar-refractivity contribution in [2.75, 3.05) is 7.11 Å². The molecule has 4 rings (SSSR count). The highest BCUT2D eigenvalue weighted by Gasteiger charge is 2.28. The van der Waals surface area contributed by atoms with Gasteiger partial charge in [0, 0.05) is 40.0 Å². The molecule has 0 radical (unpaired) electrons. The summed E-state index contributed by atoms with van der Waals surface area (Å²) in [6.45, 7) is 1.89. The largest absolute Gasteiger partial charge is 0.497 e. The fraction of sp³-hybridized carbons (Fsp3) is 0.111. The number of aryl methyl sites for hydroxylation is 1. The number of aromatic amines is 2. The summed E-state index contributed by atoms with van der Waals surface area (Å²) in [6.07, 6.45) is 1.81. The molecule has 3 heterocycles. The van der Waals surface area contributed by atoms with Gasteiger partial charge in [0.05, 0.1) is 7.11 Å². The fourth-order valence-corrected chi connectivity index (χ4v) is 3.23. The lowest BCUT2D eigenvalue weighted by molar-refractivity contribution is 0.0716. The van der Waals surface area contributed by atoms with Gasteiger partial charge in [0.2, 0.25) is 0 Å². The van der Waals surface area contributed by atoms with Gasteiger partial charge in [0.25, 0.3) is 0 Å². The van der Waals surface area contributed by atoms with Crippen molar-refractivity contribution < 1.29 is 14.3 Å². The lowest BCUT2D eigenvalue weighted by atomic mass is 10.1. The molecule has 0 fully saturated rings. The molecule has 0 unspecified atom stereocenters. The van der Waals surface area contributed by atoms with Gasteiger partial charge in [-0.3, -0.25) is 0 Å². The van der Waals surface area contributed by atoms with E-state index in [1.54, 1.807) is 7.11 Å². The number of ether oxygens (including phenoxy) is 2. The summed E-state index contributed by atoms with van der Waals surface area (Å²) >= 11 is 5.24. The molecule has 120 valence electrons. The molecule has 24 heavy (non-hydrogen) atoms. The zero-order valence-electron chi connectivity index (χ0n) is 13.1. The summed E-state index contributed by atoms with van der Waals surface area (Å²) in [5, 5.41) is 1.05. The van der Waals surface area contributed by atoms with Crippen molar-refractivity contribution in [2.45, 2.75) is 6.92 Å². The Morgan fingerprint density at radius 2 is 2.04 bits per heavy atom. The van der Waals surface area contributed by atoms with Crippen LogP contribution in [-0.4, -0.2) is 23.0 Å². The van der Waals surface area contributed by atoms with Crippen LogP contribution in [0.2, 0.25) is 0 Å². The third kappa shape index (κ3) is 2.32. The van der Waals surface area contributed by atoms with Crippen molar-refractivity contribution >= 4 is 40.9 Å². The van der Waals surface area contributed by atoms with Crippen molar-refractivity contribution in [3.05, 3.63) is 57.5 Å². The Bertz CT molecular complexity index is 1080. The second-order valence-corrected chi connectivity index (χ2v) is 6.05. The zero-order chi connectivity index (χ0) is 16.8. The minimum atomic E-state index is -0.421. The number of pyridine rings is 1. The predicted octanol–water partition coefficient (Wildman–Crippen LogP) is 4.21. The summed E-state index contributed by atoms with van der Waals surface area (Å²) in [4.78, 5) is 18.4. The quantitative estimate of drug-likeness (QED) is 0.542. The van der Waals surface area contributed by atoms with E-state index in [1.807, 2.05) is 43.3 Å². The Morgan fingerprint density at radius 3 is 2.83 bits per heavy atom. The van der Waals surface area contributed by atoms with E-state index in [-0.39, 0.29) is 0 Å². The monoisotopic (exact) mass is 338 g/mol. The predicted molar refractivity (Wildman–Crippen MR) is 94.5 cm³/mol. The highest BCUT2D eigenvalue weighted by Crippen LogP contribution is 2.32. The third-order valence-corrected chi connectivity index (χ3v) is 4.28. The number of hydrogen-bond donors (Lipinski definition) is 2. The van der Waals surface area contributed by atoms with E-state index in [4.69, 9.17) is 21.7 Å². The van der Waals surface area contributed by atoms with Gasteiger partial charge in [-0.2, -0.15) is 0 Å². The molecule has 3 aromatic rings. The summed E-state index contributed by atoms with van der Waals surface area (Å²) in [5.74, 6) is 0.857. The summed E-state index contributed by atoms with van der Waals surface area (Å²) in [6, 6.07) is 9.66. The first-order chi connectivity index (χ1) is 11.5. The van der Waals surface area contributed by atoms with Gasteiger partial charge in [0.15, 0.2) is 0 Å². The molecule has 0 saturated heterocycles. The normalized spacial score (nSPS) is 14.9. The van der Waals surface area contributed by atoms with E-state index in [9.17, 15) is 4.79 Å². The average molecular weight is 338 g/mol. The molecule has 1 aliphatic heterocycles. The summed E-state index contributed by atoms with van der Waals surface area (Å²) in [7, 11) is 1.63. The van der Waals surface area contributed by atoms with E-state index in [0.29, 0.717) is 16.0 Å². The van der Waals surface area contributed by atoms with E-state index in [1.165, 1.54) is 0 Å². The lowest BCUT2D eigenvalue weighted by Crippen LogP contribution is -1.97. The second kappa shape index (κ2) is 5.35.